The van der Waals surface area contributed by atoms with Crippen molar-refractivity contribution in [3.63, 3.8) is 0 Å². The molecule has 1 aliphatic heterocycles. The summed E-state index contributed by atoms with van der Waals surface area (Å²) in [6.45, 7) is 13.2. The van der Waals surface area contributed by atoms with Gasteiger partial charge in [0.05, 0.1) is 24.3 Å². The molecule has 0 spiro atoms. The highest BCUT2D eigenvalue weighted by Crippen LogP contribution is 2.40. The summed E-state index contributed by atoms with van der Waals surface area (Å²) in [5.74, 6) is -0.0965. The van der Waals surface area contributed by atoms with Crippen LogP contribution in [0.5, 0.6) is 11.5 Å². The lowest BCUT2D eigenvalue weighted by Gasteiger charge is -2.28. The van der Waals surface area contributed by atoms with E-state index in [1.165, 1.54) is 0 Å². The van der Waals surface area contributed by atoms with Crippen LogP contribution in [-0.4, -0.2) is 65.5 Å². The molecule has 1 aliphatic rings. The van der Waals surface area contributed by atoms with Crippen LogP contribution in [0.25, 0.3) is 5.76 Å². The number of carbonyl (C=O) groups excluding carboxylic acids is 2. The summed E-state index contributed by atoms with van der Waals surface area (Å²) in [7, 11) is 0. The smallest absolute Gasteiger partial charge is 0.295 e. The number of benzene rings is 2. The maximum atomic E-state index is 13.2. The molecule has 0 bridgehead atoms. The first-order valence-electron chi connectivity index (χ1n) is 12.3. The Bertz CT molecular complexity index is 1040. The number of likely N-dealkylation sites (tertiary alicyclic amines) is 1. The monoisotopic (exact) mass is 480 g/mol. The Morgan fingerprint density at radius 3 is 2.11 bits per heavy atom. The molecule has 1 N–H and O–H groups in total. The van der Waals surface area contributed by atoms with E-state index in [0.717, 1.165) is 18.7 Å². The Labute approximate surface area is 207 Å². The van der Waals surface area contributed by atoms with Crippen molar-refractivity contribution in [1.82, 2.24) is 9.80 Å². The molecule has 1 fully saturated rings. The third kappa shape index (κ3) is 6.03. The van der Waals surface area contributed by atoms with E-state index in [0.29, 0.717) is 36.8 Å². The van der Waals surface area contributed by atoms with Crippen LogP contribution < -0.4 is 9.47 Å². The molecule has 0 aromatic heterocycles. The van der Waals surface area contributed by atoms with Gasteiger partial charge in [0.2, 0.25) is 0 Å². The Hall–Kier alpha value is -3.32. The fourth-order valence-electron chi connectivity index (χ4n) is 4.28. The van der Waals surface area contributed by atoms with Gasteiger partial charge in [-0.3, -0.25) is 9.59 Å². The first-order chi connectivity index (χ1) is 16.8. The molecule has 7 nitrogen and oxygen atoms in total. The highest BCUT2D eigenvalue weighted by atomic mass is 16.5. The SMILES string of the molecule is CCOc1ccc([C@H]2/C(=C(\O)c3ccc(OC(C)C)cc3)C(=O)C(=O)N2CCN(CC)CC)cc1. The molecule has 1 heterocycles. The van der Waals surface area contributed by atoms with Gasteiger partial charge in [0.15, 0.2) is 0 Å². The average Bonchev–Trinajstić information content (AvgIpc) is 3.10. The van der Waals surface area contributed by atoms with Crippen molar-refractivity contribution in [2.45, 2.75) is 46.8 Å². The van der Waals surface area contributed by atoms with Crippen molar-refractivity contribution in [3.05, 3.63) is 65.2 Å². The predicted octanol–water partition coefficient (Wildman–Crippen LogP) is 4.64. The topological polar surface area (TPSA) is 79.3 Å². The minimum atomic E-state index is -0.687. The van der Waals surface area contributed by atoms with Crippen LogP contribution in [0, 0.1) is 0 Å². The molecule has 1 amide bonds. The fraction of sp³-hybridized carbons (Fsp3) is 0.429. The fourth-order valence-corrected chi connectivity index (χ4v) is 4.28. The van der Waals surface area contributed by atoms with E-state index in [4.69, 9.17) is 9.47 Å². The van der Waals surface area contributed by atoms with Gasteiger partial charge in [0, 0.05) is 18.7 Å². The van der Waals surface area contributed by atoms with Crippen molar-refractivity contribution in [1.29, 1.82) is 0 Å². The Balaban J connectivity index is 2.04. The van der Waals surface area contributed by atoms with Crippen LogP contribution in [0.1, 0.15) is 51.8 Å². The summed E-state index contributed by atoms with van der Waals surface area (Å²) < 4.78 is 11.2. The van der Waals surface area contributed by atoms with Crippen LogP contribution >= 0.6 is 0 Å². The summed E-state index contributed by atoms with van der Waals surface area (Å²) in [4.78, 5) is 30.1. The number of ketones is 1. The standard InChI is InChI=1S/C28H36N2O5/c1-6-29(7-2)17-18-30-25(20-9-13-22(14-10-20)34-8-3)24(27(32)28(30)33)26(31)21-11-15-23(16-12-21)35-19(4)5/h9-16,19,25,31H,6-8,17-18H2,1-5H3/b26-24+/t25-/m0/s1. The number of amides is 1. The zero-order valence-electron chi connectivity index (χ0n) is 21.3. The second-order valence-electron chi connectivity index (χ2n) is 8.71. The van der Waals surface area contributed by atoms with Crippen molar-refractivity contribution in [2.24, 2.45) is 0 Å². The number of carbonyl (C=O) groups is 2. The number of hydrogen-bond acceptors (Lipinski definition) is 6. The summed E-state index contributed by atoms with van der Waals surface area (Å²) in [6, 6.07) is 13.5. The number of Topliss-reactive ketones (excluding diaryl/α,β-unsaturated/α-hetero) is 1. The largest absolute Gasteiger partial charge is 0.507 e. The van der Waals surface area contributed by atoms with Gasteiger partial charge in [-0.1, -0.05) is 26.0 Å². The molecule has 2 aromatic rings. The molecular weight excluding hydrogens is 444 g/mol. The number of aliphatic hydroxyl groups excluding tert-OH is 1. The second kappa shape index (κ2) is 11.9. The quantitative estimate of drug-likeness (QED) is 0.287. The van der Waals surface area contributed by atoms with E-state index in [9.17, 15) is 14.7 Å². The van der Waals surface area contributed by atoms with Crippen molar-refractivity contribution < 1.29 is 24.2 Å². The maximum absolute atomic E-state index is 13.2. The van der Waals surface area contributed by atoms with Crippen LogP contribution in [0.3, 0.4) is 0 Å². The van der Waals surface area contributed by atoms with Crippen molar-refractivity contribution >= 4 is 17.4 Å². The van der Waals surface area contributed by atoms with Crippen LogP contribution in [0.15, 0.2) is 54.1 Å². The molecule has 0 aliphatic carbocycles. The van der Waals surface area contributed by atoms with Gasteiger partial charge in [-0.25, -0.2) is 0 Å². The lowest BCUT2D eigenvalue weighted by atomic mass is 9.95. The molecule has 0 radical (unpaired) electrons. The Kier molecular flexibility index (Phi) is 8.93. The lowest BCUT2D eigenvalue weighted by Crippen LogP contribution is -2.38. The van der Waals surface area contributed by atoms with Gasteiger partial charge in [-0.05, 0) is 75.8 Å². The van der Waals surface area contributed by atoms with Crippen LogP contribution in [0.2, 0.25) is 0 Å². The minimum Gasteiger partial charge on any atom is -0.507 e. The number of ether oxygens (including phenoxy) is 2. The number of aliphatic hydroxyl groups is 1. The van der Waals surface area contributed by atoms with Crippen LogP contribution in [-0.2, 0) is 9.59 Å². The highest BCUT2D eigenvalue weighted by Gasteiger charge is 2.46. The molecule has 0 unspecified atom stereocenters. The maximum Gasteiger partial charge on any atom is 0.295 e. The molecule has 3 rings (SSSR count). The van der Waals surface area contributed by atoms with Gasteiger partial charge < -0.3 is 24.4 Å². The third-order valence-corrected chi connectivity index (χ3v) is 6.10. The predicted molar refractivity (Wildman–Crippen MR) is 137 cm³/mol. The molecule has 1 atom stereocenters. The summed E-state index contributed by atoms with van der Waals surface area (Å²) in [5.41, 5.74) is 1.29. The van der Waals surface area contributed by atoms with E-state index < -0.39 is 17.7 Å². The van der Waals surface area contributed by atoms with E-state index in [1.54, 1.807) is 29.2 Å². The summed E-state index contributed by atoms with van der Waals surface area (Å²) in [6.07, 6.45) is 0.0187. The van der Waals surface area contributed by atoms with E-state index in [-0.39, 0.29) is 17.4 Å². The number of likely N-dealkylation sites (N-methyl/N-ethyl adjacent to an activating group) is 1. The van der Waals surface area contributed by atoms with Crippen molar-refractivity contribution in [3.8, 4) is 11.5 Å². The van der Waals surface area contributed by atoms with Gasteiger partial charge in [-0.15, -0.1) is 0 Å². The number of nitrogens with zero attached hydrogens (tertiary/aromatic N) is 2. The van der Waals surface area contributed by atoms with Gasteiger partial charge in [0.25, 0.3) is 11.7 Å². The van der Waals surface area contributed by atoms with E-state index in [1.807, 2.05) is 45.0 Å². The van der Waals surface area contributed by atoms with Crippen molar-refractivity contribution in [2.75, 3.05) is 32.8 Å². The van der Waals surface area contributed by atoms with Crippen LogP contribution in [0.4, 0.5) is 0 Å². The Morgan fingerprint density at radius 2 is 1.57 bits per heavy atom. The number of hydrogen-bond donors (Lipinski definition) is 1. The first kappa shape index (κ1) is 26.3. The highest BCUT2D eigenvalue weighted by molar-refractivity contribution is 6.46. The molecule has 7 heteroatoms. The number of rotatable bonds is 11. The summed E-state index contributed by atoms with van der Waals surface area (Å²) >= 11 is 0. The zero-order valence-corrected chi connectivity index (χ0v) is 21.3. The molecular formula is C28H36N2O5. The molecule has 0 saturated carbocycles. The summed E-state index contributed by atoms with van der Waals surface area (Å²) in [5, 5.41) is 11.2. The van der Waals surface area contributed by atoms with Gasteiger partial charge >= 0.3 is 0 Å². The molecule has 35 heavy (non-hydrogen) atoms. The molecule has 188 valence electrons. The van der Waals surface area contributed by atoms with Gasteiger partial charge in [-0.2, -0.15) is 0 Å². The first-order valence-corrected chi connectivity index (χ1v) is 12.3. The zero-order chi connectivity index (χ0) is 25.5. The second-order valence-corrected chi connectivity index (χ2v) is 8.71. The minimum absolute atomic E-state index is 0.0187. The molecule has 1 saturated heterocycles. The molecule has 2 aromatic carbocycles. The van der Waals surface area contributed by atoms with E-state index >= 15 is 0 Å². The Morgan fingerprint density at radius 1 is 0.971 bits per heavy atom. The lowest BCUT2D eigenvalue weighted by molar-refractivity contribution is -0.140. The van der Waals surface area contributed by atoms with E-state index in [2.05, 4.69) is 18.7 Å². The normalized spacial score (nSPS) is 17.5. The average molecular weight is 481 g/mol. The van der Waals surface area contributed by atoms with Gasteiger partial charge in [0.1, 0.15) is 17.3 Å². The third-order valence-electron chi connectivity index (χ3n) is 6.10.